The fourth-order valence-electron chi connectivity index (χ4n) is 1.77. The number of carboxylic acid groups (broad SMARTS) is 1. The number of hydrogen-bond donors (Lipinski definition) is 1. The maximum atomic E-state index is 12.4. The number of thioether (sulfide) groups is 1. The van der Waals surface area contributed by atoms with Crippen molar-refractivity contribution in [2.75, 3.05) is 24.6 Å². The minimum absolute atomic E-state index is 0.0556. The van der Waals surface area contributed by atoms with E-state index in [2.05, 4.69) is 15.9 Å². The molecule has 0 radical (unpaired) electrons. The van der Waals surface area contributed by atoms with Crippen LogP contribution in [0.25, 0.3) is 0 Å². The molecule has 0 spiro atoms. The van der Waals surface area contributed by atoms with Gasteiger partial charge in [-0.1, -0.05) is 0 Å². The van der Waals surface area contributed by atoms with Crippen LogP contribution in [0.1, 0.15) is 10.4 Å². The molecule has 0 atom stereocenters. The average molecular weight is 366 g/mol. The van der Waals surface area contributed by atoms with E-state index in [4.69, 9.17) is 5.11 Å². The van der Waals surface area contributed by atoms with Crippen LogP contribution in [0.15, 0.2) is 27.6 Å². The lowest BCUT2D eigenvalue weighted by molar-refractivity contribution is 0.0696. The normalized spacial score (nSPS) is 17.3. The molecule has 1 heterocycles. The summed E-state index contributed by atoms with van der Waals surface area (Å²) >= 11 is 4.87. The SMILES string of the molecule is O=C(O)c1ccc(S(=O)(=O)N2CCSCC2)c(Br)c1. The maximum absolute atomic E-state index is 12.4. The van der Waals surface area contributed by atoms with Crippen molar-refractivity contribution in [3.8, 4) is 0 Å². The first-order valence-electron chi connectivity index (χ1n) is 5.53. The second kappa shape index (κ2) is 5.82. The van der Waals surface area contributed by atoms with Gasteiger partial charge < -0.3 is 5.11 Å². The van der Waals surface area contributed by atoms with Crippen LogP contribution in [0.2, 0.25) is 0 Å². The average Bonchev–Trinajstić information content (AvgIpc) is 2.39. The first-order valence-corrected chi connectivity index (χ1v) is 8.92. The third-order valence-electron chi connectivity index (χ3n) is 2.77. The largest absolute Gasteiger partial charge is 0.478 e. The van der Waals surface area contributed by atoms with Crippen molar-refractivity contribution >= 4 is 43.7 Å². The first kappa shape index (κ1) is 14.8. The molecule has 0 saturated carbocycles. The molecule has 1 saturated heterocycles. The van der Waals surface area contributed by atoms with Crippen molar-refractivity contribution in [3.63, 3.8) is 0 Å². The van der Waals surface area contributed by atoms with Crippen LogP contribution < -0.4 is 0 Å². The number of halogens is 1. The van der Waals surface area contributed by atoms with E-state index in [-0.39, 0.29) is 14.9 Å². The monoisotopic (exact) mass is 365 g/mol. The molecule has 0 aromatic heterocycles. The van der Waals surface area contributed by atoms with Gasteiger partial charge in [-0.15, -0.1) is 0 Å². The number of rotatable bonds is 3. The molecule has 0 aliphatic carbocycles. The van der Waals surface area contributed by atoms with Gasteiger partial charge in [0, 0.05) is 29.1 Å². The lowest BCUT2D eigenvalue weighted by Gasteiger charge is -2.26. The molecule has 5 nitrogen and oxygen atoms in total. The molecule has 2 rings (SSSR count). The van der Waals surface area contributed by atoms with Crippen LogP contribution in [-0.2, 0) is 10.0 Å². The van der Waals surface area contributed by atoms with Crippen molar-refractivity contribution in [2.45, 2.75) is 4.90 Å². The third-order valence-corrected chi connectivity index (χ3v) is 6.58. The summed E-state index contributed by atoms with van der Waals surface area (Å²) < 4.78 is 26.6. The molecule has 19 heavy (non-hydrogen) atoms. The Bertz CT molecular complexity index is 597. The lowest BCUT2D eigenvalue weighted by Crippen LogP contribution is -2.38. The van der Waals surface area contributed by atoms with E-state index >= 15 is 0 Å². The summed E-state index contributed by atoms with van der Waals surface area (Å²) in [5.41, 5.74) is 0.0556. The van der Waals surface area contributed by atoms with E-state index in [1.807, 2.05) is 0 Å². The molecule has 0 amide bonds. The van der Waals surface area contributed by atoms with Crippen LogP contribution in [0, 0.1) is 0 Å². The number of sulfonamides is 1. The fourth-order valence-corrected chi connectivity index (χ4v) is 5.38. The summed E-state index contributed by atoms with van der Waals surface area (Å²) in [6.45, 7) is 0.972. The highest BCUT2D eigenvalue weighted by Crippen LogP contribution is 2.27. The number of nitrogens with zero attached hydrogens (tertiary/aromatic N) is 1. The van der Waals surface area contributed by atoms with Crippen LogP contribution >= 0.6 is 27.7 Å². The number of carbonyl (C=O) groups is 1. The second-order valence-electron chi connectivity index (χ2n) is 3.97. The standard InChI is InChI=1S/C11H12BrNO4S2/c12-9-7-8(11(14)15)1-2-10(9)19(16,17)13-3-5-18-6-4-13/h1-2,7H,3-6H2,(H,14,15). The van der Waals surface area contributed by atoms with Crippen LogP contribution in [0.5, 0.6) is 0 Å². The Morgan fingerprint density at radius 3 is 2.47 bits per heavy atom. The van der Waals surface area contributed by atoms with Gasteiger partial charge in [-0.3, -0.25) is 0 Å². The van der Waals surface area contributed by atoms with E-state index in [1.165, 1.54) is 22.5 Å². The second-order valence-corrected chi connectivity index (χ2v) is 7.95. The first-order chi connectivity index (χ1) is 8.93. The Hall–Kier alpha value is -0.570. The number of hydrogen-bond acceptors (Lipinski definition) is 4. The van der Waals surface area contributed by atoms with Crippen molar-refractivity contribution < 1.29 is 18.3 Å². The highest BCUT2D eigenvalue weighted by molar-refractivity contribution is 9.10. The molecule has 1 aromatic carbocycles. The van der Waals surface area contributed by atoms with Crippen molar-refractivity contribution in [2.24, 2.45) is 0 Å². The van der Waals surface area contributed by atoms with Gasteiger partial charge in [0.1, 0.15) is 0 Å². The number of benzene rings is 1. The summed E-state index contributed by atoms with van der Waals surface area (Å²) in [6, 6.07) is 3.96. The Morgan fingerprint density at radius 1 is 1.32 bits per heavy atom. The van der Waals surface area contributed by atoms with E-state index in [9.17, 15) is 13.2 Å². The molecule has 1 aromatic rings. The van der Waals surface area contributed by atoms with Gasteiger partial charge in [0.15, 0.2) is 0 Å². The predicted molar refractivity (Wildman–Crippen MR) is 77.2 cm³/mol. The molecule has 8 heteroatoms. The van der Waals surface area contributed by atoms with Gasteiger partial charge in [0.25, 0.3) is 0 Å². The molecule has 104 valence electrons. The maximum Gasteiger partial charge on any atom is 0.335 e. The lowest BCUT2D eigenvalue weighted by atomic mass is 10.2. The molecule has 0 bridgehead atoms. The number of carboxylic acids is 1. The van der Waals surface area contributed by atoms with Crippen LogP contribution in [0.4, 0.5) is 0 Å². The molecule has 1 aliphatic rings. The molecule has 1 fully saturated rings. The Kier molecular flexibility index (Phi) is 4.54. The van der Waals surface area contributed by atoms with E-state index in [1.54, 1.807) is 11.8 Å². The molecule has 0 unspecified atom stereocenters. The van der Waals surface area contributed by atoms with Gasteiger partial charge in [-0.2, -0.15) is 16.1 Å². The van der Waals surface area contributed by atoms with Gasteiger partial charge in [-0.05, 0) is 34.1 Å². The Labute approximate surface area is 124 Å². The van der Waals surface area contributed by atoms with Crippen LogP contribution in [-0.4, -0.2) is 48.4 Å². The highest BCUT2D eigenvalue weighted by atomic mass is 79.9. The molecule has 1 N–H and O–H groups in total. The Morgan fingerprint density at radius 2 is 1.95 bits per heavy atom. The van der Waals surface area contributed by atoms with E-state index < -0.39 is 16.0 Å². The number of aromatic carboxylic acids is 1. The summed E-state index contributed by atoms with van der Waals surface area (Å²) in [5.74, 6) is 0.479. The third kappa shape index (κ3) is 3.13. The smallest absolute Gasteiger partial charge is 0.335 e. The van der Waals surface area contributed by atoms with Gasteiger partial charge in [0.2, 0.25) is 10.0 Å². The Balaban J connectivity index is 2.37. The summed E-state index contributed by atoms with van der Waals surface area (Å²) in [6.07, 6.45) is 0. The van der Waals surface area contributed by atoms with Crippen molar-refractivity contribution in [1.29, 1.82) is 0 Å². The summed E-state index contributed by atoms with van der Waals surface area (Å²) in [5, 5.41) is 8.87. The minimum atomic E-state index is -3.55. The van der Waals surface area contributed by atoms with Gasteiger partial charge in [-0.25, -0.2) is 13.2 Å². The summed E-state index contributed by atoms with van der Waals surface area (Å²) in [7, 11) is -3.55. The van der Waals surface area contributed by atoms with Crippen molar-refractivity contribution in [1.82, 2.24) is 4.31 Å². The zero-order chi connectivity index (χ0) is 14.0. The molecule has 1 aliphatic heterocycles. The predicted octanol–water partition coefficient (Wildman–Crippen LogP) is 1.88. The quantitative estimate of drug-likeness (QED) is 0.884. The fraction of sp³-hybridized carbons (Fsp3) is 0.364. The highest BCUT2D eigenvalue weighted by Gasteiger charge is 2.28. The van der Waals surface area contributed by atoms with Gasteiger partial charge in [0.05, 0.1) is 10.5 Å². The minimum Gasteiger partial charge on any atom is -0.478 e. The van der Waals surface area contributed by atoms with Gasteiger partial charge >= 0.3 is 5.97 Å². The zero-order valence-electron chi connectivity index (χ0n) is 9.87. The molecular weight excluding hydrogens is 354 g/mol. The topological polar surface area (TPSA) is 74.7 Å². The van der Waals surface area contributed by atoms with Crippen LogP contribution in [0.3, 0.4) is 0 Å². The zero-order valence-corrected chi connectivity index (χ0v) is 13.1. The van der Waals surface area contributed by atoms with E-state index in [0.29, 0.717) is 13.1 Å². The summed E-state index contributed by atoms with van der Waals surface area (Å²) in [4.78, 5) is 10.9. The van der Waals surface area contributed by atoms with E-state index in [0.717, 1.165) is 11.5 Å². The van der Waals surface area contributed by atoms with Crippen molar-refractivity contribution in [3.05, 3.63) is 28.2 Å². The molecular formula is C11H12BrNO4S2.